The highest BCUT2D eigenvalue weighted by Crippen LogP contribution is 2.24. The monoisotopic (exact) mass is 263 g/mol. The highest BCUT2D eigenvalue weighted by atomic mass is 32.1. The standard InChI is InChI=1S/C13H17N3OS/c1-2-12(17-9-1)13-15-11(10-18-13)3-6-16-7-4-14-5-8-16/h1-2,9-10,14H,3-8H2. The topological polar surface area (TPSA) is 41.3 Å². The predicted molar refractivity (Wildman–Crippen MR) is 72.8 cm³/mol. The number of thiazole rings is 1. The number of furan rings is 1. The van der Waals surface area contributed by atoms with E-state index in [1.54, 1.807) is 17.6 Å². The Balaban J connectivity index is 1.57. The largest absolute Gasteiger partial charge is 0.462 e. The number of nitrogens with zero attached hydrogens (tertiary/aromatic N) is 2. The molecule has 2 aromatic rings. The van der Waals surface area contributed by atoms with Crippen molar-refractivity contribution >= 4 is 11.3 Å². The summed E-state index contributed by atoms with van der Waals surface area (Å²) in [5.41, 5.74) is 1.17. The van der Waals surface area contributed by atoms with Gasteiger partial charge in [-0.1, -0.05) is 0 Å². The van der Waals surface area contributed by atoms with E-state index in [1.165, 1.54) is 5.69 Å². The molecule has 1 fully saturated rings. The molecule has 1 N–H and O–H groups in total. The highest BCUT2D eigenvalue weighted by molar-refractivity contribution is 7.13. The van der Waals surface area contributed by atoms with Crippen molar-refractivity contribution in [1.29, 1.82) is 0 Å². The Labute approximate surface area is 111 Å². The van der Waals surface area contributed by atoms with Crippen molar-refractivity contribution in [3.63, 3.8) is 0 Å². The van der Waals surface area contributed by atoms with Gasteiger partial charge in [0.05, 0.1) is 12.0 Å². The summed E-state index contributed by atoms with van der Waals surface area (Å²) in [6.45, 7) is 5.61. The van der Waals surface area contributed by atoms with Crippen LogP contribution in [0.15, 0.2) is 28.2 Å². The zero-order valence-electron chi connectivity index (χ0n) is 10.3. The van der Waals surface area contributed by atoms with E-state index in [1.807, 2.05) is 12.1 Å². The first kappa shape index (κ1) is 11.9. The van der Waals surface area contributed by atoms with Gasteiger partial charge >= 0.3 is 0 Å². The molecule has 5 heteroatoms. The van der Waals surface area contributed by atoms with Gasteiger partial charge in [-0.25, -0.2) is 4.98 Å². The molecule has 18 heavy (non-hydrogen) atoms. The van der Waals surface area contributed by atoms with Crippen LogP contribution >= 0.6 is 11.3 Å². The second-order valence-electron chi connectivity index (χ2n) is 4.46. The maximum Gasteiger partial charge on any atom is 0.162 e. The molecule has 0 aromatic carbocycles. The van der Waals surface area contributed by atoms with Gasteiger partial charge in [0.1, 0.15) is 0 Å². The molecule has 1 aliphatic heterocycles. The molecule has 1 saturated heterocycles. The summed E-state index contributed by atoms with van der Waals surface area (Å²) in [6, 6.07) is 3.86. The Morgan fingerprint density at radius 2 is 2.28 bits per heavy atom. The van der Waals surface area contributed by atoms with Gasteiger partial charge in [-0.15, -0.1) is 11.3 Å². The minimum Gasteiger partial charge on any atom is -0.462 e. The maximum atomic E-state index is 5.36. The van der Waals surface area contributed by atoms with E-state index in [4.69, 9.17) is 4.42 Å². The van der Waals surface area contributed by atoms with Gasteiger partial charge in [-0.2, -0.15) is 0 Å². The first-order chi connectivity index (χ1) is 8.92. The van der Waals surface area contributed by atoms with E-state index in [9.17, 15) is 0 Å². The van der Waals surface area contributed by atoms with Crippen LogP contribution in [-0.2, 0) is 6.42 Å². The number of hydrogen-bond donors (Lipinski definition) is 1. The Kier molecular flexibility index (Phi) is 3.73. The third kappa shape index (κ3) is 2.80. The Morgan fingerprint density at radius 1 is 1.39 bits per heavy atom. The second-order valence-corrected chi connectivity index (χ2v) is 5.32. The van der Waals surface area contributed by atoms with Crippen LogP contribution in [0, 0.1) is 0 Å². The number of piperazine rings is 1. The van der Waals surface area contributed by atoms with Crippen LogP contribution in [0.2, 0.25) is 0 Å². The molecule has 0 radical (unpaired) electrons. The summed E-state index contributed by atoms with van der Waals surface area (Å²) in [6.07, 6.45) is 2.72. The molecule has 0 amide bonds. The van der Waals surface area contributed by atoms with E-state index in [0.29, 0.717) is 0 Å². The molecule has 0 bridgehead atoms. The molecule has 0 spiro atoms. The van der Waals surface area contributed by atoms with Gasteiger partial charge < -0.3 is 14.6 Å². The maximum absolute atomic E-state index is 5.36. The van der Waals surface area contributed by atoms with E-state index in [0.717, 1.165) is 49.9 Å². The smallest absolute Gasteiger partial charge is 0.162 e. The van der Waals surface area contributed by atoms with Crippen molar-refractivity contribution in [3.05, 3.63) is 29.5 Å². The minimum absolute atomic E-state index is 0.869. The number of aromatic nitrogens is 1. The summed E-state index contributed by atoms with van der Waals surface area (Å²) in [4.78, 5) is 7.11. The van der Waals surface area contributed by atoms with Crippen LogP contribution < -0.4 is 5.32 Å². The molecule has 0 saturated carbocycles. The Morgan fingerprint density at radius 3 is 3.06 bits per heavy atom. The lowest BCUT2D eigenvalue weighted by atomic mass is 10.3. The van der Waals surface area contributed by atoms with Crippen molar-refractivity contribution in [2.75, 3.05) is 32.7 Å². The van der Waals surface area contributed by atoms with Crippen LogP contribution in [0.4, 0.5) is 0 Å². The summed E-state index contributed by atoms with van der Waals surface area (Å²) in [7, 11) is 0. The lowest BCUT2D eigenvalue weighted by Gasteiger charge is -2.26. The normalized spacial score (nSPS) is 17.1. The zero-order chi connectivity index (χ0) is 12.2. The van der Waals surface area contributed by atoms with Crippen LogP contribution in [0.3, 0.4) is 0 Å². The molecular formula is C13H17N3OS. The van der Waals surface area contributed by atoms with Crippen molar-refractivity contribution in [2.24, 2.45) is 0 Å². The molecule has 0 aliphatic carbocycles. The molecule has 0 unspecified atom stereocenters. The lowest BCUT2D eigenvalue weighted by Crippen LogP contribution is -2.44. The first-order valence-electron chi connectivity index (χ1n) is 6.33. The van der Waals surface area contributed by atoms with Crippen molar-refractivity contribution in [2.45, 2.75) is 6.42 Å². The number of nitrogens with one attached hydrogen (secondary N) is 1. The molecule has 2 aromatic heterocycles. The average molecular weight is 263 g/mol. The molecule has 3 heterocycles. The fraction of sp³-hybridized carbons (Fsp3) is 0.462. The summed E-state index contributed by atoms with van der Waals surface area (Å²) in [5, 5.41) is 6.49. The van der Waals surface area contributed by atoms with E-state index in [-0.39, 0.29) is 0 Å². The van der Waals surface area contributed by atoms with E-state index >= 15 is 0 Å². The molecular weight excluding hydrogens is 246 g/mol. The quantitative estimate of drug-likeness (QED) is 0.914. The molecule has 96 valence electrons. The lowest BCUT2D eigenvalue weighted by molar-refractivity contribution is 0.243. The molecule has 3 rings (SSSR count). The fourth-order valence-corrected chi connectivity index (χ4v) is 2.96. The number of hydrogen-bond acceptors (Lipinski definition) is 5. The second kappa shape index (κ2) is 5.65. The zero-order valence-corrected chi connectivity index (χ0v) is 11.1. The summed E-state index contributed by atoms with van der Waals surface area (Å²) >= 11 is 1.66. The molecule has 0 atom stereocenters. The predicted octanol–water partition coefficient (Wildman–Crippen LogP) is 1.85. The third-order valence-electron chi connectivity index (χ3n) is 3.18. The van der Waals surface area contributed by atoms with Gasteiger partial charge in [0.25, 0.3) is 0 Å². The highest BCUT2D eigenvalue weighted by Gasteiger charge is 2.11. The molecule has 4 nitrogen and oxygen atoms in total. The van der Waals surface area contributed by atoms with Crippen molar-refractivity contribution < 1.29 is 4.42 Å². The molecule has 1 aliphatic rings. The van der Waals surface area contributed by atoms with Crippen LogP contribution in [0.25, 0.3) is 10.8 Å². The van der Waals surface area contributed by atoms with Gasteiger partial charge in [0.15, 0.2) is 10.8 Å². The minimum atomic E-state index is 0.869. The SMILES string of the molecule is c1coc(-c2nc(CCN3CCNCC3)cs2)c1. The Hall–Kier alpha value is -1.17. The fourth-order valence-electron chi connectivity index (χ4n) is 2.14. The van der Waals surface area contributed by atoms with Gasteiger partial charge in [-0.3, -0.25) is 0 Å². The number of rotatable bonds is 4. The van der Waals surface area contributed by atoms with E-state index in [2.05, 4.69) is 20.6 Å². The summed E-state index contributed by atoms with van der Waals surface area (Å²) < 4.78 is 5.36. The van der Waals surface area contributed by atoms with Gasteiger partial charge in [0.2, 0.25) is 0 Å². The van der Waals surface area contributed by atoms with Gasteiger partial charge in [-0.05, 0) is 12.1 Å². The van der Waals surface area contributed by atoms with Crippen molar-refractivity contribution in [3.8, 4) is 10.8 Å². The summed E-state index contributed by atoms with van der Waals surface area (Å²) in [5.74, 6) is 0.869. The van der Waals surface area contributed by atoms with Crippen LogP contribution in [-0.4, -0.2) is 42.6 Å². The van der Waals surface area contributed by atoms with E-state index < -0.39 is 0 Å². The Bertz CT molecular complexity index is 474. The van der Waals surface area contributed by atoms with Crippen molar-refractivity contribution in [1.82, 2.24) is 15.2 Å². The van der Waals surface area contributed by atoms with Crippen LogP contribution in [0.1, 0.15) is 5.69 Å². The average Bonchev–Trinajstić information content (AvgIpc) is 3.08. The van der Waals surface area contributed by atoms with Gasteiger partial charge in [0, 0.05) is 44.5 Å². The van der Waals surface area contributed by atoms with Crippen LogP contribution in [0.5, 0.6) is 0 Å². The first-order valence-corrected chi connectivity index (χ1v) is 7.21. The third-order valence-corrected chi connectivity index (χ3v) is 4.08.